The molecule has 4 aromatic rings. The number of imidazole rings is 1. The molecule has 5 nitrogen and oxygen atoms in total. The smallest absolute Gasteiger partial charge is 0.192 e. The fraction of sp³-hybridized carbons (Fsp3) is 0.0870. The molecule has 0 fully saturated rings. The van der Waals surface area contributed by atoms with Crippen molar-refractivity contribution in [2.45, 2.75) is 10.1 Å². The van der Waals surface area contributed by atoms with Crippen molar-refractivity contribution in [1.29, 1.82) is 0 Å². The molecule has 0 N–H and O–H groups in total. The first-order valence-corrected chi connectivity index (χ1v) is 11.4. The van der Waals surface area contributed by atoms with Crippen LogP contribution >= 0.6 is 11.6 Å². The van der Waals surface area contributed by atoms with Gasteiger partial charge in [0.05, 0.1) is 12.0 Å². The van der Waals surface area contributed by atoms with Gasteiger partial charge >= 0.3 is 0 Å². The zero-order chi connectivity index (χ0) is 22.9. The van der Waals surface area contributed by atoms with Gasteiger partial charge in [-0.1, -0.05) is 11.6 Å². The first kappa shape index (κ1) is 22.0. The second-order valence-corrected chi connectivity index (χ2v) is 9.37. The Balaban J connectivity index is 1.95. The van der Waals surface area contributed by atoms with Gasteiger partial charge in [-0.3, -0.25) is 0 Å². The zero-order valence-electron chi connectivity index (χ0n) is 16.7. The van der Waals surface area contributed by atoms with Crippen molar-refractivity contribution in [2.75, 3.05) is 7.11 Å². The van der Waals surface area contributed by atoms with Gasteiger partial charge in [0.2, 0.25) is 0 Å². The number of benzene rings is 3. The van der Waals surface area contributed by atoms with Crippen LogP contribution in [0.4, 0.5) is 8.78 Å². The molecule has 4 rings (SSSR count). The van der Waals surface area contributed by atoms with Crippen molar-refractivity contribution in [3.05, 3.63) is 107 Å². The predicted octanol–water partition coefficient (Wildman–Crippen LogP) is 5.38. The molecule has 32 heavy (non-hydrogen) atoms. The highest BCUT2D eigenvalue weighted by molar-refractivity contribution is 7.91. The molecule has 0 aliphatic heterocycles. The zero-order valence-corrected chi connectivity index (χ0v) is 18.3. The van der Waals surface area contributed by atoms with Gasteiger partial charge in [-0.05, 0) is 66.7 Å². The van der Waals surface area contributed by atoms with E-state index < -0.39 is 26.7 Å². The molecule has 1 atom stereocenters. The van der Waals surface area contributed by atoms with E-state index in [0.717, 1.165) is 18.2 Å². The molecule has 0 aliphatic rings. The number of ether oxygens (including phenoxy) is 1. The largest absolute Gasteiger partial charge is 0.497 e. The number of nitrogens with zero attached hydrogens (tertiary/aromatic N) is 2. The highest BCUT2D eigenvalue weighted by Gasteiger charge is 2.36. The first-order valence-electron chi connectivity index (χ1n) is 9.43. The topological polar surface area (TPSA) is 61.2 Å². The minimum atomic E-state index is -4.25. The standard InChI is InChI=1S/C23H17ClF2N2O3S/c1-31-18-7-5-17(6-8-18)28-13-12-27-23(28)22(20-14-16(25)4-11-21(20)26)32(29,30)19-9-2-15(24)3-10-19/h2-14,22H,1H3. The summed E-state index contributed by atoms with van der Waals surface area (Å²) >= 11 is 5.90. The summed E-state index contributed by atoms with van der Waals surface area (Å²) < 4.78 is 63.0. The van der Waals surface area contributed by atoms with Crippen LogP contribution in [0.2, 0.25) is 5.02 Å². The summed E-state index contributed by atoms with van der Waals surface area (Å²) in [7, 11) is -2.72. The molecule has 1 unspecified atom stereocenters. The molecule has 0 saturated heterocycles. The maximum atomic E-state index is 14.8. The van der Waals surface area contributed by atoms with Gasteiger partial charge in [0.15, 0.2) is 15.1 Å². The molecule has 0 aliphatic carbocycles. The van der Waals surface area contributed by atoms with Crippen LogP contribution in [0, 0.1) is 11.6 Å². The van der Waals surface area contributed by atoms with Crippen molar-refractivity contribution < 1.29 is 21.9 Å². The lowest BCUT2D eigenvalue weighted by atomic mass is 10.1. The Morgan fingerprint density at radius 2 is 1.69 bits per heavy atom. The molecule has 1 aromatic heterocycles. The van der Waals surface area contributed by atoms with Gasteiger partial charge in [0.25, 0.3) is 0 Å². The monoisotopic (exact) mass is 474 g/mol. The molecule has 0 amide bonds. The average molecular weight is 475 g/mol. The van der Waals surface area contributed by atoms with E-state index in [1.807, 2.05) is 0 Å². The maximum absolute atomic E-state index is 14.8. The Kier molecular flexibility index (Phi) is 5.99. The Hall–Kier alpha value is -3.23. The number of aromatic nitrogens is 2. The summed E-state index contributed by atoms with van der Waals surface area (Å²) in [5.74, 6) is -1.01. The summed E-state index contributed by atoms with van der Waals surface area (Å²) in [6.07, 6.45) is 2.96. The average Bonchev–Trinajstić information content (AvgIpc) is 3.25. The summed E-state index contributed by atoms with van der Waals surface area (Å²) in [6.45, 7) is 0. The normalized spacial score (nSPS) is 12.5. The van der Waals surface area contributed by atoms with E-state index in [0.29, 0.717) is 16.5 Å². The van der Waals surface area contributed by atoms with Crippen LogP contribution in [-0.4, -0.2) is 25.1 Å². The third kappa shape index (κ3) is 4.11. The first-order chi connectivity index (χ1) is 15.3. The Morgan fingerprint density at radius 1 is 1.00 bits per heavy atom. The second kappa shape index (κ2) is 8.72. The summed E-state index contributed by atoms with van der Waals surface area (Å²) in [4.78, 5) is 4.13. The molecule has 9 heteroatoms. The van der Waals surface area contributed by atoms with Gasteiger partial charge in [-0.25, -0.2) is 22.2 Å². The van der Waals surface area contributed by atoms with E-state index in [9.17, 15) is 17.2 Å². The third-order valence-electron chi connectivity index (χ3n) is 4.95. The van der Waals surface area contributed by atoms with Gasteiger partial charge in [0, 0.05) is 28.7 Å². The maximum Gasteiger partial charge on any atom is 0.192 e. The van der Waals surface area contributed by atoms with Crippen molar-refractivity contribution in [1.82, 2.24) is 9.55 Å². The van der Waals surface area contributed by atoms with Gasteiger partial charge < -0.3 is 9.30 Å². The van der Waals surface area contributed by atoms with Crippen molar-refractivity contribution in [3.63, 3.8) is 0 Å². The van der Waals surface area contributed by atoms with Crippen molar-refractivity contribution in [3.8, 4) is 11.4 Å². The minimum absolute atomic E-state index is 0.00890. The number of halogens is 3. The molecule has 0 bridgehead atoms. The lowest BCUT2D eigenvalue weighted by molar-refractivity contribution is 0.414. The Morgan fingerprint density at radius 3 is 2.34 bits per heavy atom. The molecule has 0 spiro atoms. The summed E-state index contributed by atoms with van der Waals surface area (Å²) in [5, 5.41) is -1.27. The SMILES string of the molecule is COc1ccc(-n2ccnc2C(c2cc(F)ccc2F)S(=O)(=O)c2ccc(Cl)cc2)cc1. The van der Waals surface area contributed by atoms with Crippen molar-refractivity contribution in [2.24, 2.45) is 0 Å². The minimum Gasteiger partial charge on any atom is -0.497 e. The predicted molar refractivity (Wildman–Crippen MR) is 117 cm³/mol. The molecule has 0 radical (unpaired) electrons. The van der Waals surface area contributed by atoms with Crippen molar-refractivity contribution >= 4 is 21.4 Å². The molecule has 3 aromatic carbocycles. The second-order valence-electron chi connectivity index (χ2n) is 6.90. The molecular formula is C23H17ClF2N2O3S. The van der Waals surface area contributed by atoms with Crippen LogP contribution in [0.5, 0.6) is 5.75 Å². The quantitative estimate of drug-likeness (QED) is 0.376. The third-order valence-corrected chi connectivity index (χ3v) is 7.21. The molecule has 164 valence electrons. The number of methoxy groups -OCH3 is 1. The summed E-state index contributed by atoms with van der Waals surface area (Å²) in [5.41, 5.74) is 0.229. The molecule has 0 saturated carbocycles. The Labute approximate surface area is 188 Å². The van der Waals surface area contributed by atoms with E-state index >= 15 is 0 Å². The fourth-order valence-electron chi connectivity index (χ4n) is 3.39. The van der Waals surface area contributed by atoms with Gasteiger partial charge in [-0.15, -0.1) is 0 Å². The lowest BCUT2D eigenvalue weighted by Gasteiger charge is -2.20. The number of hydrogen-bond acceptors (Lipinski definition) is 4. The van der Waals surface area contributed by atoms with Gasteiger partial charge in [0.1, 0.15) is 23.2 Å². The van der Waals surface area contributed by atoms with E-state index in [2.05, 4.69) is 4.98 Å². The summed E-state index contributed by atoms with van der Waals surface area (Å²) in [6, 6.07) is 15.0. The van der Waals surface area contributed by atoms with Crippen LogP contribution in [0.1, 0.15) is 16.6 Å². The van der Waals surface area contributed by atoms with Crippen LogP contribution in [-0.2, 0) is 9.84 Å². The molecule has 1 heterocycles. The fourth-order valence-corrected chi connectivity index (χ4v) is 5.27. The number of sulfone groups is 1. The van der Waals surface area contributed by atoms with Gasteiger partial charge in [-0.2, -0.15) is 0 Å². The molecular weight excluding hydrogens is 458 g/mol. The van der Waals surface area contributed by atoms with E-state index in [1.165, 1.54) is 42.1 Å². The van der Waals surface area contributed by atoms with Crippen LogP contribution < -0.4 is 4.74 Å². The van der Waals surface area contributed by atoms with Crippen LogP contribution in [0.25, 0.3) is 5.69 Å². The number of hydrogen-bond donors (Lipinski definition) is 0. The number of rotatable bonds is 6. The Bertz CT molecular complexity index is 1360. The highest BCUT2D eigenvalue weighted by Crippen LogP contribution is 2.37. The van der Waals surface area contributed by atoms with Crippen LogP contribution in [0.3, 0.4) is 0 Å². The van der Waals surface area contributed by atoms with E-state index in [-0.39, 0.29) is 16.3 Å². The van der Waals surface area contributed by atoms with E-state index in [1.54, 1.807) is 30.5 Å². The lowest BCUT2D eigenvalue weighted by Crippen LogP contribution is -2.20. The van der Waals surface area contributed by atoms with Crippen LogP contribution in [0.15, 0.2) is 84.0 Å². The highest BCUT2D eigenvalue weighted by atomic mass is 35.5. The van der Waals surface area contributed by atoms with E-state index in [4.69, 9.17) is 16.3 Å².